The molecular formula is C11H8BrClN2O5S. The molecule has 0 aliphatic carbocycles. The normalized spacial score (nSPS) is 11.5. The smallest absolute Gasteiger partial charge is 0.337 e. The third-order valence-electron chi connectivity index (χ3n) is 2.47. The highest BCUT2D eigenvalue weighted by atomic mass is 79.9. The molecular weight excluding hydrogens is 388 g/mol. The lowest BCUT2D eigenvalue weighted by molar-refractivity contribution is 0.0696. The van der Waals surface area contributed by atoms with Crippen LogP contribution in [-0.2, 0) is 16.6 Å². The standard InChI is InChI=1S/C11H8BrClN2O5S/c12-9-4-7(3-8(10(9)13)11(16)17)21(18,19)15-5-6-1-2-14-20-6/h1-4,15H,5H2,(H,16,17). The van der Waals surface area contributed by atoms with Crippen molar-refractivity contribution in [2.24, 2.45) is 0 Å². The highest BCUT2D eigenvalue weighted by molar-refractivity contribution is 9.10. The van der Waals surface area contributed by atoms with Gasteiger partial charge in [-0.15, -0.1) is 0 Å². The second-order valence-corrected chi connectivity index (χ2v) is 6.87. The lowest BCUT2D eigenvalue weighted by Crippen LogP contribution is -2.23. The second-order valence-electron chi connectivity index (χ2n) is 3.88. The van der Waals surface area contributed by atoms with E-state index in [-0.39, 0.29) is 26.5 Å². The Morgan fingerprint density at radius 3 is 2.76 bits per heavy atom. The summed E-state index contributed by atoms with van der Waals surface area (Å²) in [5.74, 6) is -1.00. The van der Waals surface area contributed by atoms with Gasteiger partial charge in [-0.05, 0) is 28.1 Å². The van der Waals surface area contributed by atoms with Gasteiger partial charge in [0.15, 0.2) is 5.76 Å². The molecule has 1 heterocycles. The maximum atomic E-state index is 12.1. The van der Waals surface area contributed by atoms with Crippen LogP contribution in [0.25, 0.3) is 0 Å². The molecule has 2 N–H and O–H groups in total. The van der Waals surface area contributed by atoms with Crippen molar-refractivity contribution in [3.05, 3.63) is 45.2 Å². The first-order valence-electron chi connectivity index (χ1n) is 5.43. The Hall–Kier alpha value is -1.42. The number of hydrogen-bond donors (Lipinski definition) is 2. The number of nitrogens with zero attached hydrogens (tertiary/aromatic N) is 1. The molecule has 0 atom stereocenters. The van der Waals surface area contributed by atoms with Crippen molar-refractivity contribution < 1.29 is 22.8 Å². The molecule has 0 saturated carbocycles. The van der Waals surface area contributed by atoms with Crippen LogP contribution in [0.3, 0.4) is 0 Å². The second kappa shape index (κ2) is 6.14. The summed E-state index contributed by atoms with van der Waals surface area (Å²) in [6.45, 7) is -0.106. The van der Waals surface area contributed by atoms with Crippen molar-refractivity contribution in [2.45, 2.75) is 11.4 Å². The molecule has 0 radical (unpaired) electrons. The van der Waals surface area contributed by atoms with Gasteiger partial charge >= 0.3 is 5.97 Å². The third kappa shape index (κ3) is 3.62. The van der Waals surface area contributed by atoms with Crippen LogP contribution in [0.4, 0.5) is 0 Å². The van der Waals surface area contributed by atoms with E-state index in [1.807, 2.05) is 0 Å². The van der Waals surface area contributed by atoms with Gasteiger partial charge in [0, 0.05) is 10.5 Å². The van der Waals surface area contributed by atoms with E-state index in [4.69, 9.17) is 21.2 Å². The highest BCUT2D eigenvalue weighted by Crippen LogP contribution is 2.29. The molecule has 1 aromatic heterocycles. The maximum absolute atomic E-state index is 12.1. The van der Waals surface area contributed by atoms with Crippen LogP contribution >= 0.6 is 27.5 Å². The van der Waals surface area contributed by atoms with E-state index in [0.717, 1.165) is 6.07 Å². The van der Waals surface area contributed by atoms with Gasteiger partial charge in [0.05, 0.1) is 28.2 Å². The quantitative estimate of drug-likeness (QED) is 0.803. The largest absolute Gasteiger partial charge is 0.478 e. The molecule has 10 heteroatoms. The summed E-state index contributed by atoms with van der Waals surface area (Å²) in [6.07, 6.45) is 1.38. The Balaban J connectivity index is 2.33. The van der Waals surface area contributed by atoms with E-state index in [0.29, 0.717) is 5.76 Å². The molecule has 0 saturated heterocycles. The number of benzene rings is 1. The topological polar surface area (TPSA) is 110 Å². The van der Waals surface area contributed by atoms with E-state index in [2.05, 4.69) is 25.8 Å². The first kappa shape index (κ1) is 16.0. The third-order valence-corrected chi connectivity index (χ3v) is 5.11. The minimum atomic E-state index is -3.92. The van der Waals surface area contributed by atoms with Crippen molar-refractivity contribution in [1.29, 1.82) is 0 Å². The molecule has 7 nitrogen and oxygen atoms in total. The Labute approximate surface area is 133 Å². The van der Waals surface area contributed by atoms with Crippen LogP contribution in [0.5, 0.6) is 0 Å². The number of nitrogens with one attached hydrogen (secondary N) is 1. The number of carbonyl (C=O) groups is 1. The number of carboxylic acids is 1. The Bertz CT molecular complexity index is 776. The van der Waals surface area contributed by atoms with E-state index in [1.54, 1.807) is 0 Å². The zero-order valence-electron chi connectivity index (χ0n) is 10.2. The maximum Gasteiger partial charge on any atom is 0.337 e. The number of aromatic nitrogens is 1. The summed E-state index contributed by atoms with van der Waals surface area (Å²) in [7, 11) is -3.92. The summed E-state index contributed by atoms with van der Waals surface area (Å²) >= 11 is 8.83. The number of sulfonamides is 1. The van der Waals surface area contributed by atoms with Crippen molar-refractivity contribution in [1.82, 2.24) is 9.88 Å². The van der Waals surface area contributed by atoms with Crippen LogP contribution in [0, 0.1) is 0 Å². The fourth-order valence-corrected chi connectivity index (χ4v) is 3.30. The summed E-state index contributed by atoms with van der Waals surface area (Å²) in [5.41, 5.74) is -0.314. The van der Waals surface area contributed by atoms with Crippen LogP contribution in [0.2, 0.25) is 5.02 Å². The van der Waals surface area contributed by atoms with Crippen LogP contribution in [0.15, 0.2) is 38.3 Å². The molecule has 0 amide bonds. The predicted octanol–water partition coefficient (Wildman–Crippen LogP) is 2.27. The fourth-order valence-electron chi connectivity index (χ4n) is 1.46. The van der Waals surface area contributed by atoms with Crippen molar-refractivity contribution >= 4 is 43.5 Å². The average molecular weight is 396 g/mol. The van der Waals surface area contributed by atoms with Crippen LogP contribution < -0.4 is 4.72 Å². The number of carboxylic acid groups (broad SMARTS) is 1. The van der Waals surface area contributed by atoms with Crippen molar-refractivity contribution in [3.63, 3.8) is 0 Å². The first-order chi connectivity index (χ1) is 9.81. The molecule has 0 bridgehead atoms. The van der Waals surface area contributed by atoms with Crippen molar-refractivity contribution in [2.75, 3.05) is 0 Å². The average Bonchev–Trinajstić information content (AvgIpc) is 2.92. The lowest BCUT2D eigenvalue weighted by atomic mass is 10.2. The molecule has 0 aliphatic rings. The first-order valence-corrected chi connectivity index (χ1v) is 8.08. The minimum absolute atomic E-state index is 0.0725. The van der Waals surface area contributed by atoms with Crippen molar-refractivity contribution in [3.8, 4) is 0 Å². The number of halogens is 2. The molecule has 0 fully saturated rings. The van der Waals surface area contributed by atoms with Crippen LogP contribution in [-0.4, -0.2) is 24.7 Å². The Morgan fingerprint density at radius 1 is 1.48 bits per heavy atom. The van der Waals surface area contributed by atoms with E-state index in [9.17, 15) is 13.2 Å². The Kier molecular flexibility index (Phi) is 4.67. The summed E-state index contributed by atoms with van der Waals surface area (Å²) in [4.78, 5) is 10.8. The Morgan fingerprint density at radius 2 is 2.19 bits per heavy atom. The molecule has 112 valence electrons. The predicted molar refractivity (Wildman–Crippen MR) is 76.6 cm³/mol. The molecule has 21 heavy (non-hydrogen) atoms. The van der Waals surface area contributed by atoms with Gasteiger partial charge in [0.2, 0.25) is 10.0 Å². The van der Waals surface area contributed by atoms with Gasteiger partial charge in [0.25, 0.3) is 0 Å². The van der Waals surface area contributed by atoms with Gasteiger partial charge in [0.1, 0.15) is 0 Å². The lowest BCUT2D eigenvalue weighted by Gasteiger charge is -2.08. The summed E-state index contributed by atoms with van der Waals surface area (Å²) < 4.78 is 31.5. The fraction of sp³-hybridized carbons (Fsp3) is 0.0909. The molecule has 0 aliphatic heterocycles. The molecule has 2 rings (SSSR count). The minimum Gasteiger partial charge on any atom is -0.478 e. The van der Waals surface area contributed by atoms with Crippen LogP contribution in [0.1, 0.15) is 16.1 Å². The summed E-state index contributed by atoms with van der Waals surface area (Å²) in [6, 6.07) is 3.71. The molecule has 2 aromatic rings. The zero-order chi connectivity index (χ0) is 15.6. The molecule has 0 spiro atoms. The van der Waals surface area contributed by atoms with E-state index in [1.165, 1.54) is 18.3 Å². The van der Waals surface area contributed by atoms with Gasteiger partial charge in [-0.25, -0.2) is 17.9 Å². The number of aromatic carboxylic acids is 1. The monoisotopic (exact) mass is 394 g/mol. The number of rotatable bonds is 5. The highest BCUT2D eigenvalue weighted by Gasteiger charge is 2.21. The number of hydrogen-bond acceptors (Lipinski definition) is 5. The zero-order valence-corrected chi connectivity index (χ0v) is 13.4. The molecule has 1 aromatic carbocycles. The van der Waals surface area contributed by atoms with Gasteiger partial charge in [-0.3, -0.25) is 0 Å². The van der Waals surface area contributed by atoms with E-state index < -0.39 is 16.0 Å². The van der Waals surface area contributed by atoms with Gasteiger partial charge in [-0.2, -0.15) is 0 Å². The van der Waals surface area contributed by atoms with Gasteiger partial charge < -0.3 is 9.63 Å². The van der Waals surface area contributed by atoms with Gasteiger partial charge in [-0.1, -0.05) is 16.8 Å². The molecule has 0 unspecified atom stereocenters. The summed E-state index contributed by atoms with van der Waals surface area (Å²) in [5, 5.41) is 12.4. The van der Waals surface area contributed by atoms with E-state index >= 15 is 0 Å². The SMILES string of the molecule is O=C(O)c1cc(S(=O)(=O)NCc2ccno2)cc(Br)c1Cl.